The van der Waals surface area contributed by atoms with E-state index in [1.54, 1.807) is 12.1 Å². The number of aromatic carboxylic acids is 1. The van der Waals surface area contributed by atoms with Crippen molar-refractivity contribution in [3.05, 3.63) is 100 Å². The van der Waals surface area contributed by atoms with Crippen LogP contribution < -0.4 is 4.74 Å². The van der Waals surface area contributed by atoms with Gasteiger partial charge in [-0.15, -0.1) is 0 Å². The smallest absolute Gasteiger partial charge is 0.335 e. The minimum absolute atomic E-state index is 0.233. The molecular formula is C27H26O4. The Morgan fingerprint density at radius 3 is 2.42 bits per heavy atom. The second kappa shape index (κ2) is 9.61. The van der Waals surface area contributed by atoms with Crippen molar-refractivity contribution in [3.8, 4) is 5.75 Å². The summed E-state index contributed by atoms with van der Waals surface area (Å²) in [5, 5.41) is 9.04. The zero-order valence-electron chi connectivity index (χ0n) is 17.5. The zero-order valence-corrected chi connectivity index (χ0v) is 17.5. The molecule has 1 N–H and O–H groups in total. The van der Waals surface area contributed by atoms with Crippen molar-refractivity contribution in [1.29, 1.82) is 0 Å². The Morgan fingerprint density at radius 1 is 0.903 bits per heavy atom. The van der Waals surface area contributed by atoms with Crippen molar-refractivity contribution < 1.29 is 19.4 Å². The minimum Gasteiger partial charge on any atom is -0.489 e. The van der Waals surface area contributed by atoms with Gasteiger partial charge < -0.3 is 9.84 Å². The van der Waals surface area contributed by atoms with Gasteiger partial charge in [-0.1, -0.05) is 42.5 Å². The SMILES string of the molecule is O=C(O)c1ccc(CCCc2cc(OCc3ccccc3)cc3c2C(=O)CCC3)cc1. The van der Waals surface area contributed by atoms with Gasteiger partial charge in [-0.2, -0.15) is 0 Å². The van der Waals surface area contributed by atoms with E-state index in [4.69, 9.17) is 9.84 Å². The van der Waals surface area contributed by atoms with Gasteiger partial charge in [0.1, 0.15) is 12.4 Å². The van der Waals surface area contributed by atoms with Crippen molar-refractivity contribution in [2.75, 3.05) is 0 Å². The number of ketones is 1. The first kappa shape index (κ1) is 20.9. The van der Waals surface area contributed by atoms with Crippen molar-refractivity contribution in [1.82, 2.24) is 0 Å². The number of carbonyl (C=O) groups is 2. The maximum absolute atomic E-state index is 12.6. The Hall–Kier alpha value is -3.40. The van der Waals surface area contributed by atoms with Gasteiger partial charge in [-0.3, -0.25) is 4.79 Å². The molecule has 0 fully saturated rings. The predicted octanol–water partition coefficient (Wildman–Crippen LogP) is 5.66. The van der Waals surface area contributed by atoms with Gasteiger partial charge in [0.15, 0.2) is 5.78 Å². The summed E-state index contributed by atoms with van der Waals surface area (Å²) in [5.74, 6) is 0.138. The lowest BCUT2D eigenvalue weighted by molar-refractivity contribution is 0.0696. The first-order valence-electron chi connectivity index (χ1n) is 10.8. The monoisotopic (exact) mass is 414 g/mol. The summed E-state index contributed by atoms with van der Waals surface area (Å²) < 4.78 is 6.07. The van der Waals surface area contributed by atoms with Crippen molar-refractivity contribution in [2.24, 2.45) is 0 Å². The predicted molar refractivity (Wildman–Crippen MR) is 120 cm³/mol. The maximum Gasteiger partial charge on any atom is 0.335 e. The number of carbonyl (C=O) groups excluding carboxylic acids is 1. The first-order valence-corrected chi connectivity index (χ1v) is 10.8. The average molecular weight is 415 g/mol. The molecule has 3 aromatic rings. The van der Waals surface area contributed by atoms with E-state index in [0.29, 0.717) is 18.6 Å². The molecule has 0 heterocycles. The van der Waals surface area contributed by atoms with E-state index in [2.05, 4.69) is 0 Å². The van der Waals surface area contributed by atoms with Gasteiger partial charge in [0, 0.05) is 12.0 Å². The standard InChI is InChI=1S/C27H26O4/c28-25-11-5-10-23-17-24(31-18-20-6-2-1-3-7-20)16-22(26(23)25)9-4-8-19-12-14-21(15-13-19)27(29)30/h1-3,6-7,12-17H,4-5,8-11,18H2,(H,29,30). The number of Topliss-reactive ketones (excluding diaryl/α,β-unsaturated/α-hetero) is 1. The highest BCUT2D eigenvalue weighted by Gasteiger charge is 2.22. The third kappa shape index (κ3) is 5.21. The minimum atomic E-state index is -0.913. The fourth-order valence-corrected chi connectivity index (χ4v) is 4.17. The molecule has 0 unspecified atom stereocenters. The summed E-state index contributed by atoms with van der Waals surface area (Å²) in [6, 6.07) is 21.1. The second-order valence-corrected chi connectivity index (χ2v) is 8.02. The summed E-state index contributed by atoms with van der Waals surface area (Å²) in [6.45, 7) is 0.503. The lowest BCUT2D eigenvalue weighted by Crippen LogP contribution is -2.14. The third-order valence-corrected chi connectivity index (χ3v) is 5.76. The molecule has 0 atom stereocenters. The van der Waals surface area contributed by atoms with Crippen LogP contribution in [0.5, 0.6) is 5.75 Å². The molecule has 31 heavy (non-hydrogen) atoms. The van der Waals surface area contributed by atoms with Gasteiger partial charge in [-0.25, -0.2) is 4.79 Å². The molecule has 1 aliphatic rings. The number of carboxylic acids is 1. The molecule has 0 aliphatic heterocycles. The molecule has 0 saturated heterocycles. The fourth-order valence-electron chi connectivity index (χ4n) is 4.17. The van der Waals surface area contributed by atoms with Crippen LogP contribution in [0.3, 0.4) is 0 Å². The first-order chi connectivity index (χ1) is 15.1. The van der Waals surface area contributed by atoms with Crippen LogP contribution >= 0.6 is 0 Å². The van der Waals surface area contributed by atoms with E-state index in [0.717, 1.165) is 65.7 Å². The molecule has 4 heteroatoms. The Bertz CT molecular complexity index is 1070. The summed E-state index contributed by atoms with van der Waals surface area (Å²) in [4.78, 5) is 23.6. The number of benzene rings is 3. The van der Waals surface area contributed by atoms with Crippen molar-refractivity contribution >= 4 is 11.8 Å². The molecule has 158 valence electrons. The normalized spacial score (nSPS) is 13.0. The van der Waals surface area contributed by atoms with Crippen LogP contribution in [0, 0.1) is 0 Å². The van der Waals surface area contributed by atoms with E-state index >= 15 is 0 Å². The molecule has 0 saturated carbocycles. The lowest BCUT2D eigenvalue weighted by Gasteiger charge is -2.20. The maximum atomic E-state index is 12.6. The van der Waals surface area contributed by atoms with E-state index in [1.165, 1.54) is 0 Å². The van der Waals surface area contributed by atoms with E-state index in [1.807, 2.05) is 54.6 Å². The van der Waals surface area contributed by atoms with Gasteiger partial charge >= 0.3 is 5.97 Å². The summed E-state index contributed by atoms with van der Waals surface area (Å²) >= 11 is 0. The molecule has 0 spiro atoms. The molecule has 4 nitrogen and oxygen atoms in total. The Morgan fingerprint density at radius 2 is 1.68 bits per heavy atom. The van der Waals surface area contributed by atoms with E-state index in [-0.39, 0.29) is 5.78 Å². The van der Waals surface area contributed by atoms with Gasteiger partial charge in [0.05, 0.1) is 5.56 Å². The molecule has 1 aliphatic carbocycles. The third-order valence-electron chi connectivity index (χ3n) is 5.76. The quantitative estimate of drug-likeness (QED) is 0.517. The number of rotatable bonds is 8. The highest BCUT2D eigenvalue weighted by atomic mass is 16.5. The highest BCUT2D eigenvalue weighted by molar-refractivity contribution is 6.00. The van der Waals surface area contributed by atoms with Crippen molar-refractivity contribution in [2.45, 2.75) is 45.1 Å². The van der Waals surface area contributed by atoms with Gasteiger partial charge in [0.2, 0.25) is 0 Å². The van der Waals surface area contributed by atoms with Crippen LogP contribution in [0.2, 0.25) is 0 Å². The Balaban J connectivity index is 1.48. The number of hydrogen-bond donors (Lipinski definition) is 1. The van der Waals surface area contributed by atoms with Crippen LogP contribution in [-0.4, -0.2) is 16.9 Å². The molecule has 3 aromatic carbocycles. The average Bonchev–Trinajstić information content (AvgIpc) is 2.78. The van der Waals surface area contributed by atoms with E-state index in [9.17, 15) is 9.59 Å². The molecular weight excluding hydrogens is 388 g/mol. The van der Waals surface area contributed by atoms with Crippen LogP contribution in [0.25, 0.3) is 0 Å². The topological polar surface area (TPSA) is 63.6 Å². The number of fused-ring (bicyclic) bond motifs is 1. The lowest BCUT2D eigenvalue weighted by atomic mass is 9.85. The van der Waals surface area contributed by atoms with Crippen LogP contribution in [0.15, 0.2) is 66.7 Å². The van der Waals surface area contributed by atoms with Crippen LogP contribution in [0.1, 0.15) is 62.2 Å². The number of carboxylic acid groups (broad SMARTS) is 1. The summed E-state index contributed by atoms with van der Waals surface area (Å²) in [7, 11) is 0. The van der Waals surface area contributed by atoms with Crippen LogP contribution in [0.4, 0.5) is 0 Å². The van der Waals surface area contributed by atoms with Gasteiger partial charge in [-0.05, 0) is 78.6 Å². The highest BCUT2D eigenvalue weighted by Crippen LogP contribution is 2.31. The van der Waals surface area contributed by atoms with Gasteiger partial charge in [0.25, 0.3) is 0 Å². The molecule has 0 radical (unpaired) electrons. The second-order valence-electron chi connectivity index (χ2n) is 8.02. The largest absolute Gasteiger partial charge is 0.489 e. The summed E-state index contributed by atoms with van der Waals surface area (Å²) in [6.07, 6.45) is 4.92. The fraction of sp³-hybridized carbons (Fsp3) is 0.259. The number of hydrogen-bond acceptors (Lipinski definition) is 3. The molecule has 0 bridgehead atoms. The van der Waals surface area contributed by atoms with Crippen LogP contribution in [-0.2, 0) is 25.9 Å². The van der Waals surface area contributed by atoms with Crippen molar-refractivity contribution in [3.63, 3.8) is 0 Å². The number of ether oxygens (including phenoxy) is 1. The zero-order chi connectivity index (χ0) is 21.6. The molecule has 0 aromatic heterocycles. The number of aryl methyl sites for hydroxylation is 3. The Labute approximate surface area is 182 Å². The molecule has 4 rings (SSSR count). The van der Waals surface area contributed by atoms with E-state index < -0.39 is 5.97 Å². The molecule has 0 amide bonds. The summed E-state index contributed by atoms with van der Waals surface area (Å²) in [5.41, 5.74) is 5.56. The Kier molecular flexibility index (Phi) is 6.46.